The first-order valence-corrected chi connectivity index (χ1v) is 7.48. The minimum absolute atomic E-state index is 0.0422. The summed E-state index contributed by atoms with van der Waals surface area (Å²) in [7, 11) is 0. The highest BCUT2D eigenvalue weighted by Gasteiger charge is 2.18. The molecule has 2 aromatic carbocycles. The van der Waals surface area contributed by atoms with E-state index in [-0.39, 0.29) is 11.3 Å². The van der Waals surface area contributed by atoms with Crippen molar-refractivity contribution in [1.82, 2.24) is 5.32 Å². The first-order chi connectivity index (χ1) is 10.9. The van der Waals surface area contributed by atoms with E-state index in [9.17, 15) is 14.7 Å². The number of rotatable bonds is 4. The molecule has 2 rings (SSSR count). The normalized spacial score (nSPS) is 11.6. The predicted molar refractivity (Wildman–Crippen MR) is 90.1 cm³/mol. The Morgan fingerprint density at radius 3 is 2.26 bits per heavy atom. The molecule has 0 aromatic heterocycles. The van der Waals surface area contributed by atoms with E-state index in [2.05, 4.69) is 10.6 Å². The lowest BCUT2D eigenvalue weighted by Crippen LogP contribution is -2.41. The number of nitrogens with one attached hydrogen (secondary N) is 2. The van der Waals surface area contributed by atoms with Crippen molar-refractivity contribution in [2.75, 3.05) is 5.32 Å². The van der Waals surface area contributed by atoms with E-state index in [1.54, 1.807) is 24.3 Å². The first kappa shape index (κ1) is 17.1. The van der Waals surface area contributed by atoms with E-state index in [1.165, 1.54) is 25.1 Å². The number of amides is 2. The van der Waals surface area contributed by atoms with Gasteiger partial charge in [0.25, 0.3) is 5.91 Å². The van der Waals surface area contributed by atoms with E-state index in [0.29, 0.717) is 15.7 Å². The molecule has 0 spiro atoms. The van der Waals surface area contributed by atoms with Gasteiger partial charge in [0.2, 0.25) is 5.91 Å². The Labute approximate surface area is 143 Å². The highest BCUT2D eigenvalue weighted by atomic mass is 35.5. The molecule has 0 aliphatic rings. The fourth-order valence-electron chi connectivity index (χ4n) is 1.82. The fourth-order valence-corrected chi connectivity index (χ4v) is 2.11. The largest absolute Gasteiger partial charge is 0.507 e. The summed E-state index contributed by atoms with van der Waals surface area (Å²) in [4.78, 5) is 24.1. The van der Waals surface area contributed by atoms with Crippen LogP contribution >= 0.6 is 23.2 Å². The number of benzene rings is 2. The maximum absolute atomic E-state index is 12.1. The molecule has 0 unspecified atom stereocenters. The third-order valence-corrected chi connectivity index (χ3v) is 3.54. The Morgan fingerprint density at radius 1 is 1.04 bits per heavy atom. The van der Waals surface area contributed by atoms with Crippen LogP contribution in [0.25, 0.3) is 0 Å². The second kappa shape index (κ2) is 7.35. The van der Waals surface area contributed by atoms with Gasteiger partial charge in [-0.05, 0) is 49.4 Å². The van der Waals surface area contributed by atoms with E-state index in [0.717, 1.165) is 0 Å². The lowest BCUT2D eigenvalue weighted by atomic mass is 10.1. The number of aromatic hydroxyl groups is 1. The lowest BCUT2D eigenvalue weighted by Gasteiger charge is -2.15. The highest BCUT2D eigenvalue weighted by molar-refractivity contribution is 6.31. The summed E-state index contributed by atoms with van der Waals surface area (Å²) in [6.45, 7) is 1.54. The zero-order valence-electron chi connectivity index (χ0n) is 12.1. The number of phenols is 1. The van der Waals surface area contributed by atoms with Crippen molar-refractivity contribution in [1.29, 1.82) is 0 Å². The van der Waals surface area contributed by atoms with Crippen LogP contribution in [0.4, 0.5) is 5.69 Å². The monoisotopic (exact) mass is 352 g/mol. The summed E-state index contributed by atoms with van der Waals surface area (Å²) in [5.41, 5.74) is 0.607. The van der Waals surface area contributed by atoms with Crippen molar-refractivity contribution < 1.29 is 14.7 Å². The Hall–Kier alpha value is -2.24. The van der Waals surface area contributed by atoms with E-state index in [4.69, 9.17) is 23.2 Å². The molecule has 1 atom stereocenters. The van der Waals surface area contributed by atoms with Crippen LogP contribution in [0.2, 0.25) is 10.0 Å². The Balaban J connectivity index is 2.00. The van der Waals surface area contributed by atoms with Crippen molar-refractivity contribution in [2.24, 2.45) is 0 Å². The molecular formula is C16H14Cl2N2O3. The van der Waals surface area contributed by atoms with E-state index in [1.807, 2.05) is 0 Å². The molecule has 0 bridgehead atoms. The average molecular weight is 353 g/mol. The Morgan fingerprint density at radius 2 is 1.65 bits per heavy atom. The van der Waals surface area contributed by atoms with Gasteiger partial charge in [0.1, 0.15) is 11.8 Å². The quantitative estimate of drug-likeness (QED) is 0.788. The third-order valence-electron chi connectivity index (χ3n) is 3.06. The van der Waals surface area contributed by atoms with Gasteiger partial charge in [0.15, 0.2) is 0 Å². The lowest BCUT2D eigenvalue weighted by molar-refractivity contribution is -0.117. The molecule has 0 saturated heterocycles. The zero-order valence-corrected chi connectivity index (χ0v) is 13.7. The summed E-state index contributed by atoms with van der Waals surface area (Å²) in [5.74, 6) is -1.22. The molecule has 0 fully saturated rings. The minimum Gasteiger partial charge on any atom is -0.507 e. The Kier molecular flexibility index (Phi) is 5.47. The molecule has 7 heteroatoms. The molecule has 0 heterocycles. The zero-order chi connectivity index (χ0) is 17.0. The minimum atomic E-state index is -0.798. The molecule has 0 saturated carbocycles. The van der Waals surface area contributed by atoms with Crippen molar-refractivity contribution in [3.8, 4) is 5.75 Å². The topological polar surface area (TPSA) is 78.4 Å². The highest BCUT2D eigenvalue weighted by Crippen LogP contribution is 2.21. The molecule has 2 amide bonds. The van der Waals surface area contributed by atoms with E-state index >= 15 is 0 Å². The average Bonchev–Trinajstić information content (AvgIpc) is 2.49. The van der Waals surface area contributed by atoms with Crippen molar-refractivity contribution in [3.05, 3.63) is 58.1 Å². The van der Waals surface area contributed by atoms with Gasteiger partial charge < -0.3 is 15.7 Å². The molecule has 120 valence electrons. The number of hydrogen-bond acceptors (Lipinski definition) is 3. The van der Waals surface area contributed by atoms with Crippen LogP contribution in [0, 0.1) is 0 Å². The summed E-state index contributed by atoms with van der Waals surface area (Å²) in [6, 6.07) is 9.92. The predicted octanol–water partition coefficient (Wildman–Crippen LogP) is 3.46. The van der Waals surface area contributed by atoms with Crippen molar-refractivity contribution in [3.63, 3.8) is 0 Å². The van der Waals surface area contributed by atoms with Crippen LogP contribution in [0.5, 0.6) is 5.75 Å². The second-order valence-electron chi connectivity index (χ2n) is 4.85. The van der Waals surface area contributed by atoms with Gasteiger partial charge in [-0.1, -0.05) is 23.2 Å². The summed E-state index contributed by atoms with van der Waals surface area (Å²) in [6.07, 6.45) is 0. The van der Waals surface area contributed by atoms with Crippen LogP contribution < -0.4 is 10.6 Å². The maximum Gasteiger partial charge on any atom is 0.255 e. The SMILES string of the molecule is C[C@H](NC(=O)c1ccc(Cl)cc1O)C(=O)Nc1ccc(Cl)cc1. The molecule has 3 N–H and O–H groups in total. The van der Waals surface area contributed by atoms with Crippen LogP contribution in [0.3, 0.4) is 0 Å². The van der Waals surface area contributed by atoms with Crippen LogP contribution in [0.15, 0.2) is 42.5 Å². The van der Waals surface area contributed by atoms with E-state index < -0.39 is 17.9 Å². The second-order valence-corrected chi connectivity index (χ2v) is 5.73. The van der Waals surface area contributed by atoms with Crippen LogP contribution in [-0.2, 0) is 4.79 Å². The summed E-state index contributed by atoms with van der Waals surface area (Å²) >= 11 is 11.5. The fraction of sp³-hybridized carbons (Fsp3) is 0.125. The van der Waals surface area contributed by atoms with Gasteiger partial charge in [-0.3, -0.25) is 9.59 Å². The molecular weight excluding hydrogens is 339 g/mol. The smallest absolute Gasteiger partial charge is 0.255 e. The van der Waals surface area contributed by atoms with Crippen LogP contribution in [-0.4, -0.2) is 23.0 Å². The number of halogens is 2. The molecule has 5 nitrogen and oxygen atoms in total. The molecule has 2 aromatic rings. The summed E-state index contributed by atoms with van der Waals surface area (Å²) in [5, 5.41) is 15.7. The maximum atomic E-state index is 12.1. The standard InChI is InChI=1S/C16H14Cl2N2O3/c1-9(15(22)20-12-5-2-10(17)3-6-12)19-16(23)13-7-4-11(18)8-14(13)21/h2-9,21H,1H3,(H,19,23)(H,20,22)/t9-/m0/s1. The number of carbonyl (C=O) groups is 2. The number of phenolic OH excluding ortho intramolecular Hbond substituents is 1. The van der Waals surface area contributed by atoms with Gasteiger partial charge >= 0.3 is 0 Å². The third kappa shape index (κ3) is 4.61. The summed E-state index contributed by atoms with van der Waals surface area (Å²) < 4.78 is 0. The molecule has 0 aliphatic heterocycles. The van der Waals surface area contributed by atoms with Gasteiger partial charge in [-0.25, -0.2) is 0 Å². The van der Waals surface area contributed by atoms with Gasteiger partial charge in [0.05, 0.1) is 5.56 Å². The number of anilines is 1. The molecule has 0 radical (unpaired) electrons. The number of carbonyl (C=O) groups excluding carboxylic acids is 2. The first-order valence-electron chi connectivity index (χ1n) is 6.72. The Bertz CT molecular complexity index is 733. The molecule has 0 aliphatic carbocycles. The van der Waals surface area contributed by atoms with Crippen molar-refractivity contribution in [2.45, 2.75) is 13.0 Å². The van der Waals surface area contributed by atoms with Gasteiger partial charge in [-0.2, -0.15) is 0 Å². The van der Waals surface area contributed by atoms with Gasteiger partial charge in [0, 0.05) is 15.7 Å². The van der Waals surface area contributed by atoms with Crippen molar-refractivity contribution >= 4 is 40.7 Å². The van der Waals surface area contributed by atoms with Crippen LogP contribution in [0.1, 0.15) is 17.3 Å². The molecule has 23 heavy (non-hydrogen) atoms. The van der Waals surface area contributed by atoms with Gasteiger partial charge in [-0.15, -0.1) is 0 Å². The number of hydrogen-bond donors (Lipinski definition) is 3.